The van der Waals surface area contributed by atoms with Crippen molar-refractivity contribution >= 4 is 0 Å². The minimum absolute atomic E-state index is 0.0833. The highest BCUT2D eigenvalue weighted by molar-refractivity contribution is 5.63. The molecular weight excluding hydrogens is 242 g/mol. The standard InChI is InChI=1S/C14H19N3O2/c1-9(2)19-11-6-4-10(5-7-11)13-12(8-15)14(18)17(3)16-13/h4-7,9,16H,8,15H2,1-3H3. The second-order valence-corrected chi connectivity index (χ2v) is 4.72. The lowest BCUT2D eigenvalue weighted by molar-refractivity contribution is 0.242. The van der Waals surface area contributed by atoms with E-state index in [1.165, 1.54) is 4.68 Å². The molecule has 0 radical (unpaired) electrons. The van der Waals surface area contributed by atoms with Crippen molar-refractivity contribution in [1.29, 1.82) is 0 Å². The van der Waals surface area contributed by atoms with Crippen molar-refractivity contribution < 1.29 is 4.74 Å². The molecule has 5 heteroatoms. The summed E-state index contributed by atoms with van der Waals surface area (Å²) in [4.78, 5) is 11.8. The maximum Gasteiger partial charge on any atom is 0.271 e. The summed E-state index contributed by atoms with van der Waals surface area (Å²) in [6.07, 6.45) is 0.141. The molecule has 0 unspecified atom stereocenters. The zero-order chi connectivity index (χ0) is 14.0. The number of nitrogens with two attached hydrogens (primary N) is 1. The second kappa shape index (κ2) is 5.32. The maximum atomic E-state index is 11.8. The normalized spacial score (nSPS) is 11.0. The Hall–Kier alpha value is -2.01. The van der Waals surface area contributed by atoms with Gasteiger partial charge in [-0.3, -0.25) is 14.6 Å². The summed E-state index contributed by atoms with van der Waals surface area (Å²) in [5.41, 5.74) is 7.85. The van der Waals surface area contributed by atoms with Gasteiger partial charge in [0.15, 0.2) is 0 Å². The molecule has 0 aliphatic carbocycles. The largest absolute Gasteiger partial charge is 0.491 e. The summed E-state index contributed by atoms with van der Waals surface area (Å²) < 4.78 is 7.03. The van der Waals surface area contributed by atoms with Crippen LogP contribution in [0, 0.1) is 0 Å². The van der Waals surface area contributed by atoms with E-state index in [2.05, 4.69) is 5.10 Å². The third-order valence-electron chi connectivity index (χ3n) is 2.86. The Morgan fingerprint density at radius 3 is 2.47 bits per heavy atom. The molecule has 0 atom stereocenters. The van der Waals surface area contributed by atoms with E-state index in [4.69, 9.17) is 10.5 Å². The zero-order valence-corrected chi connectivity index (χ0v) is 11.4. The topological polar surface area (TPSA) is 73.0 Å². The van der Waals surface area contributed by atoms with Gasteiger partial charge in [-0.25, -0.2) is 0 Å². The molecule has 0 bridgehead atoms. The molecule has 5 nitrogen and oxygen atoms in total. The van der Waals surface area contributed by atoms with E-state index >= 15 is 0 Å². The van der Waals surface area contributed by atoms with Crippen LogP contribution in [0.4, 0.5) is 0 Å². The monoisotopic (exact) mass is 261 g/mol. The Morgan fingerprint density at radius 1 is 1.32 bits per heavy atom. The molecule has 1 aromatic carbocycles. The van der Waals surface area contributed by atoms with Gasteiger partial charge in [0.25, 0.3) is 5.56 Å². The van der Waals surface area contributed by atoms with E-state index < -0.39 is 0 Å². The van der Waals surface area contributed by atoms with Crippen molar-refractivity contribution in [2.75, 3.05) is 0 Å². The van der Waals surface area contributed by atoms with Gasteiger partial charge in [0.2, 0.25) is 0 Å². The molecule has 102 valence electrons. The van der Waals surface area contributed by atoms with Crippen LogP contribution in [0.3, 0.4) is 0 Å². The van der Waals surface area contributed by atoms with Gasteiger partial charge in [-0.2, -0.15) is 0 Å². The lowest BCUT2D eigenvalue weighted by Gasteiger charge is -2.10. The molecular formula is C14H19N3O2. The Bertz CT molecular complexity index is 609. The number of nitrogens with zero attached hydrogens (tertiary/aromatic N) is 1. The SMILES string of the molecule is CC(C)Oc1ccc(-c2[nH]n(C)c(=O)c2CN)cc1. The Balaban J connectivity index is 2.37. The molecule has 19 heavy (non-hydrogen) atoms. The van der Waals surface area contributed by atoms with Crippen LogP contribution in [-0.2, 0) is 13.6 Å². The third kappa shape index (κ3) is 2.71. The summed E-state index contributed by atoms with van der Waals surface area (Å²) in [6, 6.07) is 7.62. The number of aromatic nitrogens is 2. The predicted octanol–water partition coefficient (Wildman–Crippen LogP) is 1.63. The van der Waals surface area contributed by atoms with Crippen LogP contribution in [0.5, 0.6) is 5.75 Å². The minimum atomic E-state index is -0.0833. The Kier molecular flexibility index (Phi) is 3.76. The van der Waals surface area contributed by atoms with Crippen LogP contribution in [0.2, 0.25) is 0 Å². The summed E-state index contributed by atoms with van der Waals surface area (Å²) in [5.74, 6) is 0.811. The molecule has 0 aliphatic rings. The van der Waals surface area contributed by atoms with E-state index in [1.807, 2.05) is 38.1 Å². The lowest BCUT2D eigenvalue weighted by atomic mass is 10.1. The fourth-order valence-corrected chi connectivity index (χ4v) is 2.00. The molecule has 0 fully saturated rings. The number of benzene rings is 1. The Labute approximate surface area is 112 Å². The number of ether oxygens (including phenoxy) is 1. The smallest absolute Gasteiger partial charge is 0.271 e. The molecule has 0 saturated heterocycles. The molecule has 2 aromatic rings. The van der Waals surface area contributed by atoms with Crippen LogP contribution in [0.1, 0.15) is 19.4 Å². The van der Waals surface area contributed by atoms with Crippen molar-refractivity contribution in [3.8, 4) is 17.0 Å². The molecule has 3 N–H and O–H groups in total. The minimum Gasteiger partial charge on any atom is -0.491 e. The van der Waals surface area contributed by atoms with Crippen LogP contribution in [0.25, 0.3) is 11.3 Å². The van der Waals surface area contributed by atoms with Crippen LogP contribution < -0.4 is 16.0 Å². The zero-order valence-electron chi connectivity index (χ0n) is 11.4. The van der Waals surface area contributed by atoms with E-state index in [-0.39, 0.29) is 18.2 Å². The van der Waals surface area contributed by atoms with E-state index in [0.717, 1.165) is 17.0 Å². The van der Waals surface area contributed by atoms with E-state index in [1.54, 1.807) is 7.05 Å². The fourth-order valence-electron chi connectivity index (χ4n) is 2.00. The molecule has 1 heterocycles. The highest BCUT2D eigenvalue weighted by Crippen LogP contribution is 2.22. The molecule has 0 aliphatic heterocycles. The first-order chi connectivity index (χ1) is 9.02. The number of aryl methyl sites for hydroxylation is 1. The van der Waals surface area contributed by atoms with Crippen LogP contribution in [-0.4, -0.2) is 15.9 Å². The lowest BCUT2D eigenvalue weighted by Crippen LogP contribution is -2.17. The number of rotatable bonds is 4. The van der Waals surface area contributed by atoms with Gasteiger partial charge in [-0.05, 0) is 38.1 Å². The van der Waals surface area contributed by atoms with E-state index in [0.29, 0.717) is 5.56 Å². The molecule has 0 saturated carbocycles. The molecule has 1 aromatic heterocycles. The van der Waals surface area contributed by atoms with Gasteiger partial charge in [0, 0.05) is 19.2 Å². The van der Waals surface area contributed by atoms with Crippen LogP contribution in [0.15, 0.2) is 29.1 Å². The third-order valence-corrected chi connectivity index (χ3v) is 2.86. The summed E-state index contributed by atoms with van der Waals surface area (Å²) in [5, 5.41) is 3.02. The molecule has 0 spiro atoms. The van der Waals surface area contributed by atoms with Gasteiger partial charge in [-0.15, -0.1) is 0 Å². The van der Waals surface area contributed by atoms with Crippen molar-refractivity contribution in [1.82, 2.24) is 9.78 Å². The van der Waals surface area contributed by atoms with Crippen molar-refractivity contribution in [2.24, 2.45) is 12.8 Å². The molecule has 2 rings (SSSR count). The fraction of sp³-hybridized carbons (Fsp3) is 0.357. The average molecular weight is 261 g/mol. The summed E-state index contributed by atoms with van der Waals surface area (Å²) in [7, 11) is 1.68. The van der Waals surface area contributed by atoms with Gasteiger partial charge in [-0.1, -0.05) is 0 Å². The quantitative estimate of drug-likeness (QED) is 0.878. The second-order valence-electron chi connectivity index (χ2n) is 4.72. The average Bonchev–Trinajstić information content (AvgIpc) is 2.65. The predicted molar refractivity (Wildman–Crippen MR) is 75.1 cm³/mol. The first kappa shape index (κ1) is 13.4. The van der Waals surface area contributed by atoms with Gasteiger partial charge >= 0.3 is 0 Å². The van der Waals surface area contributed by atoms with Crippen molar-refractivity contribution in [3.05, 3.63) is 40.2 Å². The number of hydrogen-bond donors (Lipinski definition) is 2. The molecule has 0 amide bonds. The summed E-state index contributed by atoms with van der Waals surface area (Å²) in [6.45, 7) is 4.18. The maximum absolute atomic E-state index is 11.8. The first-order valence-electron chi connectivity index (χ1n) is 6.28. The highest BCUT2D eigenvalue weighted by Gasteiger charge is 2.12. The van der Waals surface area contributed by atoms with Crippen molar-refractivity contribution in [2.45, 2.75) is 26.5 Å². The number of H-pyrrole nitrogens is 1. The van der Waals surface area contributed by atoms with Gasteiger partial charge in [0.05, 0.1) is 17.4 Å². The van der Waals surface area contributed by atoms with Crippen LogP contribution >= 0.6 is 0 Å². The number of hydrogen-bond acceptors (Lipinski definition) is 3. The van der Waals surface area contributed by atoms with Crippen molar-refractivity contribution in [3.63, 3.8) is 0 Å². The highest BCUT2D eigenvalue weighted by atomic mass is 16.5. The summed E-state index contributed by atoms with van der Waals surface area (Å²) >= 11 is 0. The number of nitrogens with one attached hydrogen (secondary N) is 1. The number of aromatic amines is 1. The van der Waals surface area contributed by atoms with Gasteiger partial charge < -0.3 is 10.5 Å². The first-order valence-corrected chi connectivity index (χ1v) is 6.28. The van der Waals surface area contributed by atoms with Gasteiger partial charge in [0.1, 0.15) is 5.75 Å². The Morgan fingerprint density at radius 2 is 1.95 bits per heavy atom. The van der Waals surface area contributed by atoms with E-state index in [9.17, 15) is 4.79 Å².